The number of aliphatic hydroxyl groups is 1. The van der Waals surface area contributed by atoms with Gasteiger partial charge in [-0.3, -0.25) is 0 Å². The topological polar surface area (TPSA) is 96.9 Å². The van der Waals surface area contributed by atoms with Crippen molar-refractivity contribution in [1.29, 1.82) is 0 Å². The first-order valence-corrected chi connectivity index (χ1v) is 17.7. The lowest BCUT2D eigenvalue weighted by Gasteiger charge is -2.70. The second-order valence-electron chi connectivity index (χ2n) is 17.9. The minimum atomic E-state index is -0.637. The first-order chi connectivity index (χ1) is 20.9. The normalized spacial score (nSPS) is 45.4. The lowest BCUT2D eigenvalue weighted by molar-refractivity contribution is -0.243. The quantitative estimate of drug-likeness (QED) is 0.297. The molecule has 0 spiro atoms. The number of nitrogens with zero attached hydrogens (tertiary/aromatic N) is 1. The third-order valence-electron chi connectivity index (χ3n) is 14.5. The van der Waals surface area contributed by atoms with Gasteiger partial charge in [0.15, 0.2) is 0 Å². The van der Waals surface area contributed by atoms with E-state index in [1.165, 1.54) is 12.0 Å². The van der Waals surface area contributed by atoms with Crippen molar-refractivity contribution in [1.82, 2.24) is 5.43 Å². The number of hydrogen-bond donors (Lipinski definition) is 3. The average molecular weight is 618 g/mol. The molecular formula is C39H59N3O3. The highest BCUT2D eigenvalue weighted by Crippen LogP contribution is 2.76. The van der Waals surface area contributed by atoms with Crippen LogP contribution in [-0.2, 0) is 4.74 Å². The van der Waals surface area contributed by atoms with E-state index in [0.29, 0.717) is 17.8 Å². The number of primary amides is 1. The maximum atomic E-state index is 12.3. The van der Waals surface area contributed by atoms with Crippen LogP contribution in [0.15, 0.2) is 34.9 Å². The Balaban J connectivity index is 1.41. The van der Waals surface area contributed by atoms with Gasteiger partial charge in [0.1, 0.15) is 0 Å². The number of allylic oxidation sites excluding steroid dienone is 1. The molecule has 0 radical (unpaired) electrons. The van der Waals surface area contributed by atoms with E-state index in [1.807, 2.05) is 0 Å². The Morgan fingerprint density at radius 3 is 2.27 bits per heavy atom. The highest BCUT2D eigenvalue weighted by atomic mass is 16.5. The van der Waals surface area contributed by atoms with Crippen LogP contribution in [0.1, 0.15) is 124 Å². The van der Waals surface area contributed by atoms with Crippen LogP contribution in [0, 0.1) is 52.3 Å². The molecule has 1 saturated heterocycles. The van der Waals surface area contributed by atoms with Crippen molar-refractivity contribution in [3.05, 3.63) is 41.0 Å². The summed E-state index contributed by atoms with van der Waals surface area (Å²) < 4.78 is 6.95. The predicted molar refractivity (Wildman–Crippen MR) is 183 cm³/mol. The van der Waals surface area contributed by atoms with Crippen molar-refractivity contribution in [2.75, 3.05) is 0 Å². The number of amides is 2. The Bertz CT molecular complexity index is 1400. The number of rotatable bonds is 3. The summed E-state index contributed by atoms with van der Waals surface area (Å²) in [5, 5.41) is 17.0. The minimum absolute atomic E-state index is 0.0365. The highest BCUT2D eigenvalue weighted by Gasteiger charge is 2.72. The summed E-state index contributed by atoms with van der Waals surface area (Å²) in [6.07, 6.45) is 11.5. The van der Waals surface area contributed by atoms with Crippen LogP contribution in [0.2, 0.25) is 0 Å². The molecule has 0 unspecified atom stereocenters. The van der Waals surface area contributed by atoms with Crippen molar-refractivity contribution < 1.29 is 14.6 Å². The van der Waals surface area contributed by atoms with E-state index in [4.69, 9.17) is 15.6 Å². The summed E-state index contributed by atoms with van der Waals surface area (Å²) >= 11 is 0. The summed E-state index contributed by atoms with van der Waals surface area (Å²) in [6, 6.07) is 7.98. The molecule has 1 heterocycles. The number of ether oxygens (including phenoxy) is 1. The van der Waals surface area contributed by atoms with Gasteiger partial charge in [0.2, 0.25) is 0 Å². The smallest absolute Gasteiger partial charge is 0.332 e. The fourth-order valence-corrected chi connectivity index (χ4v) is 12.5. The third kappa shape index (κ3) is 5.03. The third-order valence-corrected chi connectivity index (χ3v) is 14.5. The summed E-state index contributed by atoms with van der Waals surface area (Å²) in [5.74, 6) is 1.34. The van der Waals surface area contributed by atoms with E-state index >= 15 is 0 Å². The summed E-state index contributed by atoms with van der Waals surface area (Å²) in [6.45, 7) is 21.2. The van der Waals surface area contributed by atoms with Crippen LogP contribution >= 0.6 is 0 Å². The van der Waals surface area contributed by atoms with Gasteiger partial charge in [-0.05, 0) is 143 Å². The Morgan fingerprint density at radius 2 is 1.62 bits per heavy atom. The lowest BCUT2D eigenvalue weighted by Crippen LogP contribution is -2.66. The van der Waals surface area contributed by atoms with Gasteiger partial charge in [0.05, 0.1) is 23.0 Å². The molecule has 248 valence electrons. The number of nitrogens with two attached hydrogens (primary N) is 1. The van der Waals surface area contributed by atoms with Crippen LogP contribution in [0.4, 0.5) is 4.79 Å². The second-order valence-corrected chi connectivity index (χ2v) is 17.9. The Kier molecular flexibility index (Phi) is 7.76. The number of hydrogen-bond acceptors (Lipinski definition) is 4. The van der Waals surface area contributed by atoms with Crippen molar-refractivity contribution >= 4 is 17.8 Å². The SMILES string of the molecule is Cc1ccc(/C=C2\C[C@]3(C)[C@H]4C[C@@H](O)[C@@H]5[C@@H]([C@@]6(C)CCCC(C)(C)O6)CC[C@@]5(C)[C@]4(C)CC[C@H]3C(C)(C)\C2=N\NC(N)=O)cc1. The number of aliphatic hydroxyl groups excluding tert-OH is 1. The van der Waals surface area contributed by atoms with Gasteiger partial charge in [-0.15, -0.1) is 0 Å². The number of aryl methyl sites for hydroxylation is 1. The number of fused-ring (bicyclic) bond motifs is 5. The van der Waals surface area contributed by atoms with Gasteiger partial charge in [-0.25, -0.2) is 10.2 Å². The minimum Gasteiger partial charge on any atom is -0.393 e. The molecule has 5 aliphatic rings. The fraction of sp³-hybridized carbons (Fsp3) is 0.744. The molecule has 4 aliphatic carbocycles. The molecule has 1 aromatic rings. The number of benzene rings is 1. The van der Waals surface area contributed by atoms with E-state index in [0.717, 1.165) is 68.2 Å². The molecule has 5 fully saturated rings. The van der Waals surface area contributed by atoms with Gasteiger partial charge in [-0.2, -0.15) is 5.10 Å². The van der Waals surface area contributed by atoms with E-state index < -0.39 is 6.03 Å². The van der Waals surface area contributed by atoms with Gasteiger partial charge in [0, 0.05) is 5.41 Å². The maximum absolute atomic E-state index is 12.3. The molecule has 4 saturated carbocycles. The van der Waals surface area contributed by atoms with Crippen molar-refractivity contribution in [3.63, 3.8) is 0 Å². The first-order valence-electron chi connectivity index (χ1n) is 17.7. The molecule has 1 aliphatic heterocycles. The number of carbonyl (C=O) groups excluding carboxylic acids is 1. The largest absolute Gasteiger partial charge is 0.393 e. The molecule has 6 heteroatoms. The van der Waals surface area contributed by atoms with Crippen LogP contribution in [0.3, 0.4) is 0 Å². The predicted octanol–water partition coefficient (Wildman–Crippen LogP) is 8.41. The maximum Gasteiger partial charge on any atom is 0.332 e. The number of carbonyl (C=O) groups is 1. The average Bonchev–Trinajstić information content (AvgIpc) is 3.31. The molecule has 6 nitrogen and oxygen atoms in total. The van der Waals surface area contributed by atoms with Crippen molar-refractivity contribution in [3.8, 4) is 0 Å². The number of urea groups is 1. The zero-order valence-corrected chi connectivity index (χ0v) is 29.4. The van der Waals surface area contributed by atoms with Gasteiger partial charge in [-0.1, -0.05) is 64.4 Å². The molecule has 9 atom stereocenters. The molecule has 45 heavy (non-hydrogen) atoms. The molecule has 4 N–H and O–H groups in total. The number of hydrazone groups is 1. The standard InChI is InChI=1S/C39H59N3O3/c1-24-11-13-25(14-12-24)21-26-23-36(6)29(35(4,5)32(26)41-42-33(40)44)16-20-37(7)30(36)22-28(43)31-27(15-19-38(31,37)8)39(9)18-10-17-34(2,3)45-39/h11-14,21,27-31,43H,10,15-20,22-23H2,1-9H3,(H3,40,42,44)/b26-21+,41-32+/t27-,28+,29-,30+,31-,36-,37+,38+,39+/m0/s1. The molecule has 1 aromatic carbocycles. The van der Waals surface area contributed by atoms with Crippen molar-refractivity contribution in [2.24, 2.45) is 56.2 Å². The molecule has 0 aromatic heterocycles. The van der Waals surface area contributed by atoms with E-state index in [1.54, 1.807) is 0 Å². The zero-order valence-electron chi connectivity index (χ0n) is 29.4. The van der Waals surface area contributed by atoms with Gasteiger partial charge >= 0.3 is 6.03 Å². The van der Waals surface area contributed by atoms with Crippen LogP contribution in [0.5, 0.6) is 0 Å². The Hall–Kier alpha value is -2.18. The van der Waals surface area contributed by atoms with E-state index in [9.17, 15) is 9.90 Å². The molecule has 2 amide bonds. The monoisotopic (exact) mass is 617 g/mol. The molecule has 6 rings (SSSR count). The van der Waals surface area contributed by atoms with E-state index in [-0.39, 0.29) is 44.9 Å². The van der Waals surface area contributed by atoms with Gasteiger partial charge < -0.3 is 15.6 Å². The summed E-state index contributed by atoms with van der Waals surface area (Å²) in [7, 11) is 0. The first kappa shape index (κ1) is 32.7. The van der Waals surface area contributed by atoms with Crippen molar-refractivity contribution in [2.45, 2.75) is 137 Å². The summed E-state index contributed by atoms with van der Waals surface area (Å²) in [5.41, 5.74) is 12.1. The molecular weight excluding hydrogens is 558 g/mol. The van der Waals surface area contributed by atoms with Crippen LogP contribution in [-0.4, -0.2) is 34.2 Å². The Labute approximate surface area is 272 Å². The lowest BCUT2D eigenvalue weighted by atomic mass is 9.34. The van der Waals surface area contributed by atoms with Crippen LogP contribution < -0.4 is 11.2 Å². The zero-order chi connectivity index (χ0) is 32.8. The number of nitrogens with one attached hydrogen (secondary N) is 1. The van der Waals surface area contributed by atoms with Crippen LogP contribution in [0.25, 0.3) is 6.08 Å². The Morgan fingerprint density at radius 1 is 0.956 bits per heavy atom. The van der Waals surface area contributed by atoms with E-state index in [2.05, 4.69) is 98.1 Å². The highest BCUT2D eigenvalue weighted by molar-refractivity contribution is 6.08. The fourth-order valence-electron chi connectivity index (χ4n) is 12.5. The summed E-state index contributed by atoms with van der Waals surface area (Å²) in [4.78, 5) is 11.9. The van der Waals surface area contributed by atoms with Gasteiger partial charge in [0.25, 0.3) is 0 Å². The second kappa shape index (κ2) is 10.7. The molecule has 0 bridgehead atoms.